The van der Waals surface area contributed by atoms with Gasteiger partial charge >= 0.3 is 5.97 Å². The van der Waals surface area contributed by atoms with E-state index < -0.39 is 22.0 Å². The highest BCUT2D eigenvalue weighted by Gasteiger charge is 2.29. The maximum absolute atomic E-state index is 13.2. The Kier molecular flexibility index (Phi) is 7.78. The highest BCUT2D eigenvalue weighted by Crippen LogP contribution is 2.25. The van der Waals surface area contributed by atoms with Crippen LogP contribution in [-0.2, 0) is 14.8 Å². The number of ether oxygens (including phenoxy) is 1. The first-order valence-corrected chi connectivity index (χ1v) is 12.7. The summed E-state index contributed by atoms with van der Waals surface area (Å²) in [6.07, 6.45) is 0.340. The molecule has 0 saturated heterocycles. The van der Waals surface area contributed by atoms with Crippen molar-refractivity contribution in [3.8, 4) is 11.3 Å². The summed E-state index contributed by atoms with van der Waals surface area (Å²) < 4.78 is 33.1. The molecule has 0 bridgehead atoms. The van der Waals surface area contributed by atoms with Crippen LogP contribution >= 0.6 is 11.3 Å². The van der Waals surface area contributed by atoms with Gasteiger partial charge in [0.15, 0.2) is 5.01 Å². The lowest BCUT2D eigenvalue weighted by Gasteiger charge is -2.18. The molecule has 3 rings (SSSR count). The van der Waals surface area contributed by atoms with Crippen LogP contribution < -0.4 is 4.72 Å². The Morgan fingerprint density at radius 1 is 1.06 bits per heavy atom. The summed E-state index contributed by atoms with van der Waals surface area (Å²) in [5, 5.41) is 1.96. The van der Waals surface area contributed by atoms with Gasteiger partial charge in [-0.25, -0.2) is 22.9 Å². The average molecular weight is 487 g/mol. The van der Waals surface area contributed by atoms with E-state index in [1.165, 1.54) is 19.2 Å². The van der Waals surface area contributed by atoms with E-state index in [0.717, 1.165) is 22.5 Å². The number of carbonyl (C=O) groups excluding carboxylic acids is 2. The first-order valence-electron chi connectivity index (χ1n) is 10.4. The number of rotatable bonds is 9. The third-order valence-corrected chi connectivity index (χ3v) is 7.31. The van der Waals surface area contributed by atoms with Gasteiger partial charge in [0.05, 0.1) is 29.3 Å². The van der Waals surface area contributed by atoms with Gasteiger partial charge in [-0.15, -0.1) is 11.3 Å². The summed E-state index contributed by atoms with van der Waals surface area (Å²) in [7, 11) is -2.56. The van der Waals surface area contributed by atoms with Crippen molar-refractivity contribution in [1.29, 1.82) is 0 Å². The third-order valence-electron chi connectivity index (χ3n) is 4.97. The molecule has 0 fully saturated rings. The topological polar surface area (TPSA) is 102 Å². The molecule has 0 unspecified atom stereocenters. The van der Waals surface area contributed by atoms with E-state index in [2.05, 4.69) is 9.71 Å². The molecule has 0 radical (unpaired) electrons. The van der Waals surface area contributed by atoms with Crippen LogP contribution in [0.5, 0.6) is 0 Å². The minimum absolute atomic E-state index is 0.0879. The molecule has 33 heavy (non-hydrogen) atoms. The second-order valence-corrected chi connectivity index (χ2v) is 10.7. The molecule has 0 aliphatic heterocycles. The molecule has 0 aliphatic rings. The van der Waals surface area contributed by atoms with E-state index in [4.69, 9.17) is 4.74 Å². The molecule has 174 valence electrons. The molecule has 1 N–H and O–H groups in total. The molecule has 1 aromatic heterocycles. The number of Topliss-reactive ketones (excluding diaryl/α,β-unsaturated/α-hetero) is 1. The van der Waals surface area contributed by atoms with Gasteiger partial charge in [-0.3, -0.25) is 4.79 Å². The lowest BCUT2D eigenvalue weighted by molar-refractivity contribution is 0.0600. The van der Waals surface area contributed by atoms with Crippen molar-refractivity contribution in [1.82, 2.24) is 9.71 Å². The molecular formula is C24H26N2O5S2. The van der Waals surface area contributed by atoms with Gasteiger partial charge < -0.3 is 4.74 Å². The molecule has 1 atom stereocenters. The Bertz CT molecular complexity index is 1230. The molecule has 2 aromatic carbocycles. The van der Waals surface area contributed by atoms with E-state index in [0.29, 0.717) is 17.7 Å². The summed E-state index contributed by atoms with van der Waals surface area (Å²) in [5.74, 6) is -0.722. The summed E-state index contributed by atoms with van der Waals surface area (Å²) in [6.45, 7) is 5.73. The molecule has 9 heteroatoms. The monoisotopic (exact) mass is 486 g/mol. The first-order chi connectivity index (χ1) is 15.6. The van der Waals surface area contributed by atoms with E-state index in [1.54, 1.807) is 41.8 Å². The second-order valence-electron chi connectivity index (χ2n) is 8.09. The number of ketones is 1. The minimum Gasteiger partial charge on any atom is -0.465 e. The van der Waals surface area contributed by atoms with Crippen LogP contribution in [0.4, 0.5) is 0 Å². The predicted octanol–water partition coefficient (Wildman–Crippen LogP) is 4.48. The molecule has 0 spiro atoms. The Labute approximate surface area is 197 Å². The fraction of sp³-hybridized carbons (Fsp3) is 0.292. The highest BCUT2D eigenvalue weighted by molar-refractivity contribution is 7.89. The predicted molar refractivity (Wildman–Crippen MR) is 128 cm³/mol. The fourth-order valence-corrected chi connectivity index (χ4v) is 5.25. The van der Waals surface area contributed by atoms with Crippen molar-refractivity contribution in [3.63, 3.8) is 0 Å². The molecule has 1 heterocycles. The normalized spacial score (nSPS) is 12.5. The van der Waals surface area contributed by atoms with E-state index in [1.807, 2.05) is 20.8 Å². The zero-order valence-corrected chi connectivity index (χ0v) is 20.5. The quantitative estimate of drug-likeness (QED) is 0.353. The largest absolute Gasteiger partial charge is 0.465 e. The van der Waals surface area contributed by atoms with E-state index in [9.17, 15) is 18.0 Å². The minimum atomic E-state index is -3.87. The number of nitrogens with zero attached hydrogens (tertiary/aromatic N) is 1. The molecule has 0 amide bonds. The van der Waals surface area contributed by atoms with E-state index >= 15 is 0 Å². The number of thiazole rings is 1. The van der Waals surface area contributed by atoms with Crippen LogP contribution in [0.15, 0.2) is 58.8 Å². The van der Waals surface area contributed by atoms with Crippen LogP contribution in [0.1, 0.15) is 46.0 Å². The lowest BCUT2D eigenvalue weighted by atomic mass is 10.0. The zero-order valence-electron chi connectivity index (χ0n) is 18.9. The van der Waals surface area contributed by atoms with Gasteiger partial charge in [0, 0.05) is 10.9 Å². The maximum atomic E-state index is 13.2. The number of sulfonamides is 1. The third kappa shape index (κ3) is 6.13. The number of esters is 1. The van der Waals surface area contributed by atoms with Crippen molar-refractivity contribution in [2.24, 2.45) is 5.92 Å². The van der Waals surface area contributed by atoms with Crippen molar-refractivity contribution in [2.75, 3.05) is 7.11 Å². The number of nitrogens with one attached hydrogen (secondary N) is 1. The Balaban J connectivity index is 1.83. The second kappa shape index (κ2) is 10.4. The fourth-order valence-electron chi connectivity index (χ4n) is 3.22. The maximum Gasteiger partial charge on any atom is 0.337 e. The smallest absolute Gasteiger partial charge is 0.337 e. The van der Waals surface area contributed by atoms with Crippen LogP contribution in [0.3, 0.4) is 0 Å². The Morgan fingerprint density at radius 3 is 2.27 bits per heavy atom. The van der Waals surface area contributed by atoms with Gasteiger partial charge in [-0.05, 0) is 43.5 Å². The van der Waals surface area contributed by atoms with Crippen LogP contribution in [0.25, 0.3) is 11.3 Å². The van der Waals surface area contributed by atoms with Crippen molar-refractivity contribution < 1.29 is 22.7 Å². The number of aryl methyl sites for hydroxylation is 1. The van der Waals surface area contributed by atoms with E-state index in [-0.39, 0.29) is 21.6 Å². The number of aromatic nitrogens is 1. The number of hydrogen-bond donors (Lipinski definition) is 1. The summed E-state index contributed by atoms with van der Waals surface area (Å²) in [5.41, 5.74) is 2.66. The number of benzene rings is 2. The Hall–Kier alpha value is -2.88. The molecule has 3 aromatic rings. The SMILES string of the molecule is COC(=O)c1ccc(-c2csc(C(=O)[C@H](CC(C)C)NS(=O)(=O)c3ccc(C)cc3)n2)cc1. The summed E-state index contributed by atoms with van der Waals surface area (Å²) in [4.78, 5) is 29.4. The van der Waals surface area contributed by atoms with Crippen LogP contribution in [0, 0.1) is 12.8 Å². The lowest BCUT2D eigenvalue weighted by Crippen LogP contribution is -2.41. The molecule has 0 saturated carbocycles. The molecular weight excluding hydrogens is 460 g/mol. The first kappa shape index (κ1) is 24.8. The Morgan fingerprint density at radius 2 is 1.70 bits per heavy atom. The van der Waals surface area contributed by atoms with Gasteiger partial charge in [0.25, 0.3) is 0 Å². The van der Waals surface area contributed by atoms with Gasteiger partial charge in [0.2, 0.25) is 15.8 Å². The molecule has 0 aliphatic carbocycles. The van der Waals surface area contributed by atoms with Crippen LogP contribution in [-0.4, -0.2) is 38.3 Å². The van der Waals surface area contributed by atoms with Crippen molar-refractivity contribution in [2.45, 2.75) is 38.1 Å². The zero-order chi connectivity index (χ0) is 24.2. The number of carbonyl (C=O) groups is 2. The summed E-state index contributed by atoms with van der Waals surface area (Å²) in [6, 6.07) is 12.2. The number of methoxy groups -OCH3 is 1. The van der Waals surface area contributed by atoms with Crippen molar-refractivity contribution in [3.05, 3.63) is 70.0 Å². The number of hydrogen-bond acceptors (Lipinski definition) is 7. The summed E-state index contributed by atoms with van der Waals surface area (Å²) >= 11 is 1.16. The van der Waals surface area contributed by atoms with Gasteiger partial charge in [-0.1, -0.05) is 43.7 Å². The molecule has 7 nitrogen and oxygen atoms in total. The van der Waals surface area contributed by atoms with Gasteiger partial charge in [0.1, 0.15) is 0 Å². The van der Waals surface area contributed by atoms with Crippen LogP contribution in [0.2, 0.25) is 0 Å². The average Bonchev–Trinajstić information content (AvgIpc) is 3.28. The van der Waals surface area contributed by atoms with Crippen molar-refractivity contribution >= 4 is 33.1 Å². The standard InChI is InChI=1S/C24H26N2O5S2/c1-15(2)13-20(26-33(29,30)19-11-5-16(3)6-12-19)22(27)23-25-21(14-32-23)17-7-9-18(10-8-17)24(28)31-4/h5-12,14-15,20,26H,13H2,1-4H3/t20-/m0/s1. The highest BCUT2D eigenvalue weighted by atomic mass is 32.2. The van der Waals surface area contributed by atoms with Gasteiger partial charge in [-0.2, -0.15) is 0 Å².